The molecule has 0 atom stereocenters. The summed E-state index contributed by atoms with van der Waals surface area (Å²) in [5.41, 5.74) is 5.12. The number of hydrazone groups is 1. The third-order valence-electron chi connectivity index (χ3n) is 4.76. The molecule has 0 aliphatic carbocycles. The normalized spacial score (nSPS) is 16.5. The number of benzene rings is 1. The molecule has 2 aromatic rings. The number of nitrogens with one attached hydrogen (secondary N) is 1. The Morgan fingerprint density at radius 1 is 1.23 bits per heavy atom. The smallest absolute Gasteiger partial charge is 0.289 e. The Bertz CT molecular complexity index is 770. The lowest BCUT2D eigenvalue weighted by molar-refractivity contribution is 0.0949. The van der Waals surface area contributed by atoms with Crippen LogP contribution in [0.2, 0.25) is 5.02 Å². The topological polar surface area (TPSA) is 57.6 Å². The summed E-state index contributed by atoms with van der Waals surface area (Å²) >= 11 is 6.25. The number of amides is 1. The van der Waals surface area contributed by atoms with Crippen molar-refractivity contribution in [3.8, 4) is 0 Å². The van der Waals surface area contributed by atoms with Crippen molar-refractivity contribution >= 4 is 23.2 Å². The van der Waals surface area contributed by atoms with Crippen molar-refractivity contribution in [3.05, 3.63) is 64.9 Å². The van der Waals surface area contributed by atoms with Crippen molar-refractivity contribution in [1.29, 1.82) is 0 Å². The molecule has 1 amide bonds. The maximum Gasteiger partial charge on any atom is 0.289 e. The summed E-state index contributed by atoms with van der Waals surface area (Å²) in [6, 6.07) is 13.2. The zero-order chi connectivity index (χ0) is 18.4. The zero-order valence-corrected chi connectivity index (χ0v) is 15.6. The van der Waals surface area contributed by atoms with Crippen LogP contribution in [0.3, 0.4) is 0 Å². The van der Waals surface area contributed by atoms with Crippen LogP contribution in [0, 0.1) is 5.92 Å². The molecule has 6 heteroatoms. The van der Waals surface area contributed by atoms with Gasteiger partial charge in [0.1, 0.15) is 5.69 Å². The van der Waals surface area contributed by atoms with Gasteiger partial charge in [0, 0.05) is 29.4 Å². The number of carbonyl (C=O) groups is 1. The summed E-state index contributed by atoms with van der Waals surface area (Å²) in [4.78, 5) is 18.5. The van der Waals surface area contributed by atoms with Crippen LogP contribution in [0.15, 0.2) is 53.8 Å². The monoisotopic (exact) mass is 370 g/mol. The van der Waals surface area contributed by atoms with Gasteiger partial charge in [-0.25, -0.2) is 5.43 Å². The van der Waals surface area contributed by atoms with Crippen LogP contribution in [0.1, 0.15) is 35.8 Å². The lowest BCUT2D eigenvalue weighted by Gasteiger charge is -2.32. The Morgan fingerprint density at radius 3 is 2.65 bits per heavy atom. The van der Waals surface area contributed by atoms with Crippen molar-refractivity contribution in [2.75, 3.05) is 13.1 Å². The van der Waals surface area contributed by atoms with Crippen LogP contribution in [-0.2, 0) is 6.54 Å². The van der Waals surface area contributed by atoms with Crippen molar-refractivity contribution in [3.63, 3.8) is 0 Å². The lowest BCUT2D eigenvalue weighted by Crippen LogP contribution is -2.36. The molecule has 5 nitrogen and oxygen atoms in total. The van der Waals surface area contributed by atoms with Crippen molar-refractivity contribution in [2.24, 2.45) is 11.0 Å². The molecule has 2 heterocycles. The van der Waals surface area contributed by atoms with E-state index in [1.165, 1.54) is 5.56 Å². The molecule has 0 radical (unpaired) electrons. The summed E-state index contributed by atoms with van der Waals surface area (Å²) in [6.45, 7) is 4.85. The number of halogens is 1. The van der Waals surface area contributed by atoms with Gasteiger partial charge in [-0.3, -0.25) is 14.7 Å². The molecule has 0 unspecified atom stereocenters. The van der Waals surface area contributed by atoms with Gasteiger partial charge < -0.3 is 0 Å². The van der Waals surface area contributed by atoms with Crippen LogP contribution in [-0.4, -0.2) is 34.6 Å². The summed E-state index contributed by atoms with van der Waals surface area (Å²) in [5, 5.41) is 5.11. The number of carbonyl (C=O) groups excluding carboxylic acids is 1. The quantitative estimate of drug-likeness (QED) is 0.644. The molecule has 1 aliphatic rings. The van der Waals surface area contributed by atoms with Crippen molar-refractivity contribution < 1.29 is 4.79 Å². The molecule has 1 fully saturated rings. The van der Waals surface area contributed by atoms with Crippen LogP contribution in [0.25, 0.3) is 0 Å². The summed E-state index contributed by atoms with van der Waals surface area (Å²) in [7, 11) is 0. The van der Waals surface area contributed by atoms with Crippen molar-refractivity contribution in [2.45, 2.75) is 26.3 Å². The second-order valence-corrected chi connectivity index (χ2v) is 6.96. The Labute approximate surface area is 159 Å². The summed E-state index contributed by atoms with van der Waals surface area (Å²) in [6.07, 6.45) is 3.65. The molecule has 136 valence electrons. The largest absolute Gasteiger partial charge is 0.299 e. The predicted molar refractivity (Wildman–Crippen MR) is 104 cm³/mol. The molecule has 1 aromatic heterocycles. The van der Waals surface area contributed by atoms with Gasteiger partial charge in [-0.05, 0) is 56.6 Å². The van der Waals surface area contributed by atoms with Gasteiger partial charge >= 0.3 is 0 Å². The number of nitrogens with zero attached hydrogens (tertiary/aromatic N) is 3. The van der Waals surface area contributed by atoms with Gasteiger partial charge in [0.05, 0.1) is 0 Å². The summed E-state index contributed by atoms with van der Waals surface area (Å²) < 4.78 is 0. The third kappa shape index (κ3) is 4.90. The SMILES string of the molecule is CC(=NNC(=O)c1ccccn1)C1CCN(Cc2ccccc2Cl)CC1. The van der Waals surface area contributed by atoms with Gasteiger partial charge in [0.15, 0.2) is 0 Å². The van der Waals surface area contributed by atoms with E-state index in [2.05, 4.69) is 26.5 Å². The zero-order valence-electron chi connectivity index (χ0n) is 14.9. The molecule has 26 heavy (non-hydrogen) atoms. The molecule has 0 saturated carbocycles. The minimum atomic E-state index is -0.277. The standard InChI is InChI=1S/C20H23ClN4O/c1-15(23-24-20(26)19-8-4-5-11-22-19)16-9-12-25(13-10-16)14-17-6-2-3-7-18(17)21/h2-8,11,16H,9-10,12-14H2,1H3,(H,24,26). The van der Waals surface area contributed by atoms with E-state index in [-0.39, 0.29) is 5.91 Å². The number of hydrogen-bond donors (Lipinski definition) is 1. The molecule has 0 spiro atoms. The number of piperidine rings is 1. The van der Waals surface area contributed by atoms with Gasteiger partial charge in [-0.15, -0.1) is 0 Å². The van der Waals surface area contributed by atoms with E-state index in [9.17, 15) is 4.79 Å². The average Bonchev–Trinajstić information content (AvgIpc) is 2.69. The van der Waals surface area contributed by atoms with Gasteiger partial charge in [0.25, 0.3) is 5.91 Å². The second-order valence-electron chi connectivity index (χ2n) is 6.55. The van der Waals surface area contributed by atoms with Crippen LogP contribution < -0.4 is 5.43 Å². The maximum atomic E-state index is 12.0. The molecular weight excluding hydrogens is 348 g/mol. The van der Waals surface area contributed by atoms with E-state index in [0.29, 0.717) is 11.6 Å². The molecular formula is C20H23ClN4O. The highest BCUT2D eigenvalue weighted by Gasteiger charge is 2.22. The Morgan fingerprint density at radius 2 is 1.96 bits per heavy atom. The molecule has 3 rings (SSSR count). The number of likely N-dealkylation sites (tertiary alicyclic amines) is 1. The minimum Gasteiger partial charge on any atom is -0.299 e. The van der Waals surface area contributed by atoms with Crippen molar-refractivity contribution in [1.82, 2.24) is 15.3 Å². The predicted octanol–water partition coefficient (Wildman–Crippen LogP) is 3.75. The first-order chi connectivity index (χ1) is 12.6. The summed E-state index contributed by atoms with van der Waals surface area (Å²) in [5.74, 6) is 0.114. The fraction of sp³-hybridized carbons (Fsp3) is 0.350. The lowest BCUT2D eigenvalue weighted by atomic mass is 9.92. The molecule has 1 aromatic carbocycles. The van der Waals surface area contributed by atoms with E-state index in [1.807, 2.05) is 25.1 Å². The average molecular weight is 371 g/mol. The number of rotatable bonds is 5. The maximum absolute atomic E-state index is 12.0. The fourth-order valence-electron chi connectivity index (χ4n) is 3.16. The van der Waals surface area contributed by atoms with E-state index >= 15 is 0 Å². The molecule has 1 N–H and O–H groups in total. The number of hydrogen-bond acceptors (Lipinski definition) is 4. The number of aromatic nitrogens is 1. The second kappa shape index (κ2) is 8.92. The Kier molecular flexibility index (Phi) is 6.36. The first kappa shape index (κ1) is 18.5. The van der Waals surface area contributed by atoms with E-state index in [0.717, 1.165) is 43.2 Å². The minimum absolute atomic E-state index is 0.277. The highest BCUT2D eigenvalue weighted by atomic mass is 35.5. The first-order valence-corrected chi connectivity index (χ1v) is 9.22. The highest BCUT2D eigenvalue weighted by Crippen LogP contribution is 2.23. The van der Waals surface area contributed by atoms with Gasteiger partial charge in [-0.2, -0.15) is 5.10 Å². The third-order valence-corrected chi connectivity index (χ3v) is 5.13. The van der Waals surface area contributed by atoms with E-state index in [1.54, 1.807) is 24.4 Å². The van der Waals surface area contributed by atoms with Gasteiger partial charge in [0.2, 0.25) is 0 Å². The Hall–Kier alpha value is -2.24. The van der Waals surface area contributed by atoms with Crippen LogP contribution in [0.4, 0.5) is 0 Å². The first-order valence-electron chi connectivity index (χ1n) is 8.85. The Balaban J connectivity index is 1.49. The van der Waals surface area contributed by atoms with E-state index < -0.39 is 0 Å². The number of pyridine rings is 1. The van der Waals surface area contributed by atoms with Crippen LogP contribution in [0.5, 0.6) is 0 Å². The molecule has 1 saturated heterocycles. The molecule has 0 bridgehead atoms. The highest BCUT2D eigenvalue weighted by molar-refractivity contribution is 6.31. The van der Waals surface area contributed by atoms with Crippen LogP contribution >= 0.6 is 11.6 Å². The van der Waals surface area contributed by atoms with E-state index in [4.69, 9.17) is 11.6 Å². The fourth-order valence-corrected chi connectivity index (χ4v) is 3.36. The molecule has 1 aliphatic heterocycles. The van der Waals surface area contributed by atoms with Gasteiger partial charge in [-0.1, -0.05) is 35.9 Å².